The highest BCUT2D eigenvalue weighted by molar-refractivity contribution is 6.57. The number of carbonyl (C=O) groups is 1. The largest absolute Gasteiger partial charge is 0.398 e. The highest BCUT2D eigenvalue weighted by Gasteiger charge is 2.34. The van der Waals surface area contributed by atoms with Gasteiger partial charge in [0.15, 0.2) is 5.71 Å². The van der Waals surface area contributed by atoms with Crippen molar-refractivity contribution in [2.75, 3.05) is 19.1 Å². The molecule has 1 aliphatic rings. The van der Waals surface area contributed by atoms with Crippen LogP contribution in [0.25, 0.3) is 0 Å². The maximum Gasteiger partial charge on any atom is 0.280 e. The molecule has 1 aliphatic heterocycles. The summed E-state index contributed by atoms with van der Waals surface area (Å²) in [6, 6.07) is 3.32. The maximum atomic E-state index is 11.8. The average molecular weight is 259 g/mol. The second-order valence-corrected chi connectivity index (χ2v) is 4.03. The average Bonchev–Trinajstić information content (AvgIpc) is 2.50. The first-order valence-corrected chi connectivity index (χ1v) is 5.21. The van der Waals surface area contributed by atoms with Crippen LogP contribution in [0.15, 0.2) is 17.3 Å². The number of amides is 1. The van der Waals surface area contributed by atoms with Crippen LogP contribution in [0.1, 0.15) is 5.56 Å². The fourth-order valence-electron chi connectivity index (χ4n) is 1.61. The first-order chi connectivity index (χ1) is 7.57. The number of rotatable bonds is 1. The number of benzene rings is 1. The Morgan fingerprint density at radius 3 is 2.69 bits per heavy atom. The molecular formula is C10H8Cl2N2O2. The summed E-state index contributed by atoms with van der Waals surface area (Å²) in [4.78, 5) is 17.9. The number of hydrogen-bond donors (Lipinski definition) is 0. The second-order valence-electron chi connectivity index (χ2n) is 3.24. The smallest absolute Gasteiger partial charge is 0.280 e. The third-order valence-electron chi connectivity index (χ3n) is 2.35. The van der Waals surface area contributed by atoms with Gasteiger partial charge in [-0.05, 0) is 12.1 Å². The molecule has 0 atom stereocenters. The van der Waals surface area contributed by atoms with Crippen LogP contribution >= 0.6 is 23.2 Å². The Morgan fingerprint density at radius 1 is 1.38 bits per heavy atom. The first kappa shape index (κ1) is 11.2. The molecule has 0 bridgehead atoms. The number of oxime groups is 1. The Morgan fingerprint density at radius 2 is 2.06 bits per heavy atom. The Balaban J connectivity index is 2.70. The molecule has 0 N–H and O–H groups in total. The minimum absolute atomic E-state index is 0.235. The van der Waals surface area contributed by atoms with Crippen LogP contribution in [0, 0.1) is 0 Å². The molecule has 2 rings (SSSR count). The molecule has 0 unspecified atom stereocenters. The van der Waals surface area contributed by atoms with Crippen LogP contribution in [-0.2, 0) is 9.63 Å². The monoisotopic (exact) mass is 258 g/mol. The van der Waals surface area contributed by atoms with E-state index in [1.165, 1.54) is 12.0 Å². The van der Waals surface area contributed by atoms with E-state index in [1.54, 1.807) is 19.2 Å². The Bertz CT molecular complexity index is 500. The van der Waals surface area contributed by atoms with E-state index < -0.39 is 0 Å². The number of fused-ring (bicyclic) bond motifs is 1. The van der Waals surface area contributed by atoms with Crippen molar-refractivity contribution in [3.05, 3.63) is 27.7 Å². The third-order valence-corrected chi connectivity index (χ3v) is 3.14. The molecule has 0 aliphatic carbocycles. The molecule has 0 saturated carbocycles. The topological polar surface area (TPSA) is 41.9 Å². The van der Waals surface area contributed by atoms with E-state index in [1.807, 2.05) is 0 Å². The number of carbonyl (C=O) groups excluding carboxylic acids is 1. The lowest BCUT2D eigenvalue weighted by atomic mass is 10.1. The second kappa shape index (κ2) is 3.96. The van der Waals surface area contributed by atoms with Gasteiger partial charge in [-0.3, -0.25) is 4.79 Å². The van der Waals surface area contributed by atoms with E-state index in [2.05, 4.69) is 9.99 Å². The van der Waals surface area contributed by atoms with Gasteiger partial charge >= 0.3 is 0 Å². The first-order valence-electron chi connectivity index (χ1n) is 4.45. The van der Waals surface area contributed by atoms with Crippen molar-refractivity contribution >= 4 is 40.5 Å². The predicted octanol–water partition coefficient (Wildman–Crippen LogP) is 2.32. The lowest BCUT2D eigenvalue weighted by molar-refractivity contribution is -0.112. The zero-order valence-corrected chi connectivity index (χ0v) is 10.1. The van der Waals surface area contributed by atoms with E-state index in [4.69, 9.17) is 23.2 Å². The highest BCUT2D eigenvalue weighted by atomic mass is 35.5. The summed E-state index contributed by atoms with van der Waals surface area (Å²) >= 11 is 11.9. The summed E-state index contributed by atoms with van der Waals surface area (Å²) in [5, 5.41) is 4.44. The van der Waals surface area contributed by atoms with Crippen LogP contribution in [-0.4, -0.2) is 25.8 Å². The van der Waals surface area contributed by atoms with Gasteiger partial charge in [-0.2, -0.15) is 0 Å². The normalized spacial score (nSPS) is 16.9. The number of halogens is 2. The van der Waals surface area contributed by atoms with Gasteiger partial charge in [0.2, 0.25) is 0 Å². The molecule has 1 aromatic carbocycles. The van der Waals surface area contributed by atoms with Crippen LogP contribution in [0.5, 0.6) is 0 Å². The zero-order valence-electron chi connectivity index (χ0n) is 8.62. The van der Waals surface area contributed by atoms with Crippen molar-refractivity contribution in [2.45, 2.75) is 0 Å². The van der Waals surface area contributed by atoms with Gasteiger partial charge in [0.1, 0.15) is 7.11 Å². The molecule has 0 saturated heterocycles. The summed E-state index contributed by atoms with van der Waals surface area (Å²) < 4.78 is 0. The summed E-state index contributed by atoms with van der Waals surface area (Å²) in [6.07, 6.45) is 0. The minimum Gasteiger partial charge on any atom is -0.398 e. The van der Waals surface area contributed by atoms with Crippen LogP contribution in [0.4, 0.5) is 5.69 Å². The molecule has 0 fully saturated rings. The standard InChI is InChI=1S/C10H8Cl2N2O2/c1-14-9-5(3-4-6(11)7(9)12)8(10(14)15)13-16-2/h3-4H,1-2H3. The van der Waals surface area contributed by atoms with Gasteiger partial charge in [0.25, 0.3) is 5.91 Å². The number of hydrogen-bond acceptors (Lipinski definition) is 3. The van der Waals surface area contributed by atoms with E-state index in [0.717, 1.165) is 0 Å². The van der Waals surface area contributed by atoms with Crippen LogP contribution in [0.3, 0.4) is 0 Å². The zero-order chi connectivity index (χ0) is 11.9. The SMILES string of the molecule is CON=C1C(=O)N(C)c2c1ccc(Cl)c2Cl. The van der Waals surface area contributed by atoms with Crippen LogP contribution in [0.2, 0.25) is 10.0 Å². The van der Waals surface area contributed by atoms with Crippen molar-refractivity contribution in [3.63, 3.8) is 0 Å². The van der Waals surface area contributed by atoms with Gasteiger partial charge in [-0.1, -0.05) is 28.4 Å². The summed E-state index contributed by atoms with van der Waals surface area (Å²) in [5.74, 6) is -0.263. The van der Waals surface area contributed by atoms with E-state index in [-0.39, 0.29) is 11.6 Å². The molecular weight excluding hydrogens is 251 g/mol. The summed E-state index contributed by atoms with van der Waals surface area (Å²) in [5.41, 5.74) is 1.43. The van der Waals surface area contributed by atoms with Gasteiger partial charge in [0.05, 0.1) is 15.7 Å². The molecule has 0 aromatic heterocycles. The minimum atomic E-state index is -0.263. The van der Waals surface area contributed by atoms with Crippen molar-refractivity contribution in [3.8, 4) is 0 Å². The Hall–Kier alpha value is -1.26. The third kappa shape index (κ3) is 1.45. The van der Waals surface area contributed by atoms with Crippen LogP contribution < -0.4 is 4.90 Å². The number of likely N-dealkylation sites (N-methyl/N-ethyl adjacent to an activating group) is 1. The molecule has 0 radical (unpaired) electrons. The summed E-state index contributed by atoms with van der Waals surface area (Å²) in [6.45, 7) is 0. The molecule has 84 valence electrons. The quantitative estimate of drug-likeness (QED) is 0.726. The van der Waals surface area contributed by atoms with Crippen molar-refractivity contribution in [1.29, 1.82) is 0 Å². The molecule has 1 aromatic rings. The molecule has 6 heteroatoms. The molecule has 1 amide bonds. The van der Waals surface area contributed by atoms with Gasteiger partial charge in [-0.25, -0.2) is 0 Å². The molecule has 0 spiro atoms. The molecule has 4 nitrogen and oxygen atoms in total. The lowest BCUT2D eigenvalue weighted by Crippen LogP contribution is -2.25. The van der Waals surface area contributed by atoms with E-state index >= 15 is 0 Å². The lowest BCUT2D eigenvalue weighted by Gasteiger charge is -2.11. The van der Waals surface area contributed by atoms with Crippen molar-refractivity contribution in [2.24, 2.45) is 5.16 Å². The Kier molecular flexibility index (Phi) is 2.78. The fraction of sp³-hybridized carbons (Fsp3) is 0.200. The maximum absolute atomic E-state index is 11.8. The number of nitrogens with zero attached hydrogens (tertiary/aromatic N) is 2. The summed E-state index contributed by atoms with van der Waals surface area (Å²) in [7, 11) is 3.00. The van der Waals surface area contributed by atoms with Crippen molar-refractivity contribution < 1.29 is 9.63 Å². The Labute approximate surface area is 102 Å². The fourth-order valence-corrected chi connectivity index (χ4v) is 2.06. The molecule has 16 heavy (non-hydrogen) atoms. The van der Waals surface area contributed by atoms with Gasteiger partial charge < -0.3 is 9.74 Å². The van der Waals surface area contributed by atoms with E-state index in [9.17, 15) is 4.79 Å². The predicted molar refractivity (Wildman–Crippen MR) is 63.4 cm³/mol. The van der Waals surface area contributed by atoms with Gasteiger partial charge in [0, 0.05) is 12.6 Å². The van der Waals surface area contributed by atoms with E-state index in [0.29, 0.717) is 21.3 Å². The van der Waals surface area contributed by atoms with Crippen molar-refractivity contribution in [1.82, 2.24) is 0 Å². The molecule has 1 heterocycles. The number of anilines is 1. The highest BCUT2D eigenvalue weighted by Crippen LogP contribution is 2.39. The van der Waals surface area contributed by atoms with Gasteiger partial charge in [-0.15, -0.1) is 0 Å².